The summed E-state index contributed by atoms with van der Waals surface area (Å²) in [6.45, 7) is 59.7. The number of fused-ring (bicyclic) bond motifs is 10. The quantitative estimate of drug-likeness (QED) is 0.137. The molecule has 18 heterocycles. The third-order valence-electron chi connectivity index (χ3n) is 16.2. The maximum absolute atomic E-state index is 4.34. The number of rotatable bonds is 0. The predicted molar refractivity (Wildman–Crippen MR) is 556 cm³/mol. The molecule has 680 valence electrons. The molecule has 0 N–H and O–H groups in total. The van der Waals surface area contributed by atoms with Crippen molar-refractivity contribution in [3.8, 4) is 0 Å². The Labute approximate surface area is 774 Å². The molecule has 0 aliphatic rings. The highest BCUT2D eigenvalue weighted by molar-refractivity contribution is 5.83. The highest BCUT2D eigenvalue weighted by Gasteiger charge is 2.01. The molecule has 20 heteroatoms. The van der Waals surface area contributed by atoms with Gasteiger partial charge in [0, 0.05) is 193 Å². The molecule has 0 unspecified atom stereocenters. The van der Waals surface area contributed by atoms with E-state index in [9.17, 15) is 0 Å². The fraction of sp³-hybridized carbons (Fsp3) is 0.273. The first-order valence-corrected chi connectivity index (χ1v) is 45.4. The predicted octanol–water partition coefficient (Wildman–Crippen LogP) is 29.6. The second-order valence-electron chi connectivity index (χ2n) is 25.2. The molecule has 0 saturated carbocycles. The van der Waals surface area contributed by atoms with E-state index in [1.165, 1.54) is 5.39 Å². The zero-order valence-corrected chi connectivity index (χ0v) is 82.8. The number of hydrogen-bond donors (Lipinski definition) is 0. The van der Waals surface area contributed by atoms with Gasteiger partial charge in [0.25, 0.3) is 0 Å². The van der Waals surface area contributed by atoms with Gasteiger partial charge in [-0.15, -0.1) is 0 Å². The number of para-hydroxylation sites is 3. The van der Waals surface area contributed by atoms with Crippen LogP contribution in [0.3, 0.4) is 0 Å². The van der Waals surface area contributed by atoms with E-state index in [1.807, 2.05) is 433 Å². The lowest BCUT2D eigenvalue weighted by molar-refractivity contribution is 1.09. The highest BCUT2D eigenvalue weighted by Crippen LogP contribution is 2.17. The average molecular weight is 1740 g/mol. The van der Waals surface area contributed by atoms with E-state index in [2.05, 4.69) is 112 Å². The molecule has 20 aromatic rings. The second kappa shape index (κ2) is 69.8. The van der Waals surface area contributed by atoms with Crippen LogP contribution in [0.25, 0.3) is 109 Å². The highest BCUT2D eigenvalue weighted by atomic mass is 14.9. The van der Waals surface area contributed by atoms with Crippen molar-refractivity contribution in [2.75, 3.05) is 0 Å². The van der Waals surface area contributed by atoms with Crippen molar-refractivity contribution < 1.29 is 0 Å². The van der Waals surface area contributed by atoms with Gasteiger partial charge >= 0.3 is 0 Å². The lowest BCUT2D eigenvalue weighted by Crippen LogP contribution is -1.86. The largest absolute Gasteiger partial charge is 0.264 e. The normalized spacial score (nSPS) is 9.15. The Morgan fingerprint density at radius 1 is 0.146 bits per heavy atom. The molecule has 18 aromatic heterocycles. The topological polar surface area (TPSA) is 258 Å². The molecule has 0 saturated heterocycles. The monoisotopic (exact) mass is 1740 g/mol. The fourth-order valence-electron chi connectivity index (χ4n) is 10.7. The minimum Gasteiger partial charge on any atom is -0.264 e. The van der Waals surface area contributed by atoms with Gasteiger partial charge in [0.15, 0.2) is 5.65 Å². The second-order valence-corrected chi connectivity index (χ2v) is 25.2. The van der Waals surface area contributed by atoms with Crippen molar-refractivity contribution in [1.29, 1.82) is 0 Å². The Kier molecular flexibility index (Phi) is 61.0. The number of pyridine rings is 16. The summed E-state index contributed by atoms with van der Waals surface area (Å²) in [6.07, 6.45) is 32.5. The van der Waals surface area contributed by atoms with Crippen LogP contribution in [0.15, 0.2) is 306 Å². The van der Waals surface area contributed by atoms with E-state index in [0.717, 1.165) is 161 Å². The molecule has 0 fully saturated rings. The maximum atomic E-state index is 4.34. The van der Waals surface area contributed by atoms with Gasteiger partial charge in [0.2, 0.25) is 0 Å². The molecule has 0 spiro atoms. The van der Waals surface area contributed by atoms with Gasteiger partial charge in [-0.2, -0.15) is 0 Å². The van der Waals surface area contributed by atoms with E-state index in [-0.39, 0.29) is 0 Å². The first kappa shape index (κ1) is 114. The lowest BCUT2D eigenvalue weighted by Gasteiger charge is -1.95. The van der Waals surface area contributed by atoms with E-state index in [1.54, 1.807) is 68.2 Å². The van der Waals surface area contributed by atoms with E-state index in [4.69, 9.17) is 0 Å². The summed E-state index contributed by atoms with van der Waals surface area (Å²) in [6, 6.07) is 63.5. The summed E-state index contributed by atoms with van der Waals surface area (Å²) in [5.74, 6) is 0.823. The first-order valence-electron chi connectivity index (χ1n) is 45.4. The minimum absolute atomic E-state index is 0.823. The van der Waals surface area contributed by atoms with Gasteiger partial charge < -0.3 is 0 Å². The van der Waals surface area contributed by atoms with Crippen molar-refractivity contribution in [2.24, 2.45) is 0 Å². The maximum Gasteiger partial charge on any atom is 0.159 e. The van der Waals surface area contributed by atoms with Crippen molar-refractivity contribution in [2.45, 2.75) is 208 Å². The van der Waals surface area contributed by atoms with Crippen molar-refractivity contribution in [1.82, 2.24) is 99.7 Å². The smallest absolute Gasteiger partial charge is 0.159 e. The number of hydrogen-bond acceptors (Lipinski definition) is 20. The molecule has 130 heavy (non-hydrogen) atoms. The Morgan fingerprint density at radius 2 is 0.500 bits per heavy atom. The van der Waals surface area contributed by atoms with Gasteiger partial charge in [-0.1, -0.05) is 181 Å². The zero-order valence-electron chi connectivity index (χ0n) is 82.8. The van der Waals surface area contributed by atoms with E-state index in [0.29, 0.717) is 0 Å². The summed E-state index contributed by atoms with van der Waals surface area (Å²) in [4.78, 5) is 83.5. The molecule has 20 rings (SSSR count). The third-order valence-corrected chi connectivity index (χ3v) is 16.2. The lowest BCUT2D eigenvalue weighted by atomic mass is 10.2. The molecule has 20 nitrogen and oxygen atoms in total. The molecular weight excluding hydrogens is 1600 g/mol. The van der Waals surface area contributed by atoms with Gasteiger partial charge in [-0.3, -0.25) is 74.8 Å². The average Bonchev–Trinajstić information content (AvgIpc) is 0.929. The minimum atomic E-state index is 0.823. The summed E-state index contributed by atoms with van der Waals surface area (Å²) < 4.78 is 0. The van der Waals surface area contributed by atoms with Crippen LogP contribution in [-0.2, 0) is 0 Å². The van der Waals surface area contributed by atoms with Crippen LogP contribution in [0.1, 0.15) is 196 Å². The van der Waals surface area contributed by atoms with Crippen molar-refractivity contribution >= 4 is 109 Å². The van der Waals surface area contributed by atoms with Crippen LogP contribution in [0.5, 0.6) is 0 Å². The Bertz CT molecular complexity index is 5110. The van der Waals surface area contributed by atoms with Crippen LogP contribution in [0, 0.1) is 69.2 Å². The van der Waals surface area contributed by atoms with Crippen LogP contribution < -0.4 is 0 Å². The first-order chi connectivity index (χ1) is 63.6. The summed E-state index contributed by atoms with van der Waals surface area (Å²) in [5, 5.41) is 11.3. The number of aryl methyl sites for hydroxylation is 10. The van der Waals surface area contributed by atoms with Gasteiger partial charge in [-0.25, -0.2) is 24.9 Å². The number of aromatic nitrogens is 20. The molecule has 0 amide bonds. The summed E-state index contributed by atoms with van der Waals surface area (Å²) in [7, 11) is 0. The van der Waals surface area contributed by atoms with Gasteiger partial charge in [-0.05, 0) is 226 Å². The third kappa shape index (κ3) is 41.8. The molecular formula is C110H140N20. The van der Waals surface area contributed by atoms with E-state index >= 15 is 0 Å². The SMILES string of the molecule is CC.CC.CC.CC.CC.CC.CC.CC.CC.CC.Cc1cc2cccnc2cn1.Cc1cc2ccncc2cn1.Cc1cc2cnccc2cn1.Cc1cc2ncccc2cn1.Cc1ccc2cccnc2n1.Cc1ccc2ccncc2n1.Cc1ccc2cnccc2n1.Cc1ccc2ncccc2n1.Cc1cnc2ccccc2n1.Cc1ncc2ccccc2n1. The fourth-order valence-corrected chi connectivity index (χ4v) is 10.7. The Morgan fingerprint density at radius 3 is 1.12 bits per heavy atom. The zero-order chi connectivity index (χ0) is 96.8. The molecule has 0 radical (unpaired) electrons. The van der Waals surface area contributed by atoms with Gasteiger partial charge in [0.05, 0.1) is 67.7 Å². The molecule has 0 aliphatic carbocycles. The summed E-state index contributed by atoms with van der Waals surface area (Å²) >= 11 is 0. The molecule has 0 aliphatic heterocycles. The Hall–Kier alpha value is -14.4. The van der Waals surface area contributed by atoms with Crippen LogP contribution in [0.4, 0.5) is 0 Å². The van der Waals surface area contributed by atoms with Crippen LogP contribution in [-0.4, -0.2) is 99.7 Å². The van der Waals surface area contributed by atoms with Gasteiger partial charge in [0.1, 0.15) is 5.82 Å². The summed E-state index contributed by atoms with van der Waals surface area (Å²) in [5.41, 5.74) is 18.8. The molecule has 2 aromatic carbocycles. The van der Waals surface area contributed by atoms with Crippen LogP contribution >= 0.6 is 0 Å². The molecule has 0 bridgehead atoms. The number of benzene rings is 2. The standard InChI is InChI=1S/10C9H8N2.10C2H6/c1-7-4-9-5-10-3-2-8(9)6-11-7;1-7-4-8-2-3-10-5-9(8)6-11-7;1-7-2-3-8-6-10-5-4-9(8)11-7;1-7-2-3-8-4-5-10-6-9(8)11-7;1-7-4-5-8-9(11-7)3-2-6-10-8;1-7-4-5-8-3-2-6-10-9(8)11-7;1-7-5-9-8(6-11-7)3-2-4-10-9;1-7-5-8-3-2-4-10-9(8)6-11-7;1-7-10-6-8-4-2-3-5-9(8)11-7;1-7-6-10-8-4-2-3-5-9(8)11-7;10*1-2/h10*2-6H,1H3;10*1-2H3. The van der Waals surface area contributed by atoms with Crippen molar-refractivity contribution in [3.05, 3.63) is 363 Å². The number of nitrogens with zero attached hydrogens (tertiary/aromatic N) is 20. The Balaban J connectivity index is 0.000000706. The van der Waals surface area contributed by atoms with Crippen molar-refractivity contribution in [3.63, 3.8) is 0 Å². The molecule has 0 atom stereocenters. The van der Waals surface area contributed by atoms with Crippen LogP contribution in [0.2, 0.25) is 0 Å². The van der Waals surface area contributed by atoms with E-state index < -0.39 is 0 Å².